The molecule has 0 radical (unpaired) electrons. The van der Waals surface area contributed by atoms with Crippen molar-refractivity contribution in [3.05, 3.63) is 23.9 Å². The Labute approximate surface area is 122 Å². The first-order valence-corrected chi connectivity index (χ1v) is 7.73. The molecular formula is C16H27N3O. The number of aromatic nitrogens is 1. The lowest BCUT2D eigenvalue weighted by Gasteiger charge is -2.21. The van der Waals surface area contributed by atoms with Crippen molar-refractivity contribution in [1.29, 1.82) is 0 Å². The summed E-state index contributed by atoms with van der Waals surface area (Å²) in [6, 6.07) is 5.21. The van der Waals surface area contributed by atoms with Gasteiger partial charge in [-0.1, -0.05) is 12.8 Å². The number of rotatable bonds is 6. The van der Waals surface area contributed by atoms with Gasteiger partial charge in [-0.25, -0.2) is 4.98 Å². The first kappa shape index (κ1) is 15.3. The number of nitrogens with zero attached hydrogens (tertiary/aromatic N) is 1. The average Bonchev–Trinajstić information content (AvgIpc) is 2.74. The van der Waals surface area contributed by atoms with Crippen LogP contribution in [0.5, 0.6) is 5.88 Å². The second-order valence-corrected chi connectivity index (χ2v) is 5.72. The van der Waals surface area contributed by atoms with E-state index < -0.39 is 0 Å². The first-order chi connectivity index (χ1) is 9.78. The molecule has 112 valence electrons. The van der Waals surface area contributed by atoms with E-state index in [0.717, 1.165) is 6.54 Å². The van der Waals surface area contributed by atoms with E-state index in [1.165, 1.54) is 44.2 Å². The van der Waals surface area contributed by atoms with E-state index in [1.807, 2.05) is 12.1 Å². The van der Waals surface area contributed by atoms with Gasteiger partial charge in [-0.2, -0.15) is 0 Å². The van der Waals surface area contributed by atoms with E-state index in [9.17, 15) is 0 Å². The molecule has 2 atom stereocenters. The zero-order chi connectivity index (χ0) is 14.2. The molecule has 2 unspecified atom stereocenters. The van der Waals surface area contributed by atoms with Gasteiger partial charge in [-0.15, -0.1) is 0 Å². The number of nitrogens with one attached hydrogen (secondary N) is 2. The predicted molar refractivity (Wildman–Crippen MR) is 82.0 cm³/mol. The van der Waals surface area contributed by atoms with Crippen molar-refractivity contribution in [2.75, 3.05) is 13.7 Å². The Kier molecular flexibility index (Phi) is 6.27. The van der Waals surface area contributed by atoms with Gasteiger partial charge in [-0.05, 0) is 44.4 Å². The zero-order valence-corrected chi connectivity index (χ0v) is 12.7. The van der Waals surface area contributed by atoms with Crippen molar-refractivity contribution in [2.24, 2.45) is 0 Å². The fourth-order valence-electron chi connectivity index (χ4n) is 2.78. The molecule has 1 aromatic rings. The maximum atomic E-state index is 5.15. The van der Waals surface area contributed by atoms with Gasteiger partial charge >= 0.3 is 0 Å². The van der Waals surface area contributed by atoms with Gasteiger partial charge in [0.25, 0.3) is 0 Å². The van der Waals surface area contributed by atoms with Crippen molar-refractivity contribution in [1.82, 2.24) is 15.6 Å². The third kappa shape index (κ3) is 5.10. The first-order valence-electron chi connectivity index (χ1n) is 7.73. The van der Waals surface area contributed by atoms with Gasteiger partial charge in [0.15, 0.2) is 0 Å². The van der Waals surface area contributed by atoms with Crippen LogP contribution in [0, 0.1) is 0 Å². The highest BCUT2D eigenvalue weighted by molar-refractivity contribution is 5.20. The Morgan fingerprint density at radius 1 is 1.45 bits per heavy atom. The molecule has 1 aliphatic rings. The highest BCUT2D eigenvalue weighted by Crippen LogP contribution is 2.13. The molecule has 0 amide bonds. The molecule has 0 saturated carbocycles. The molecule has 2 rings (SSSR count). The minimum atomic E-state index is 0.518. The minimum absolute atomic E-state index is 0.518. The van der Waals surface area contributed by atoms with E-state index >= 15 is 0 Å². The Balaban J connectivity index is 1.74. The molecule has 1 aromatic heterocycles. The molecule has 1 aliphatic heterocycles. The highest BCUT2D eigenvalue weighted by Gasteiger charge is 2.14. The number of hydrogen-bond acceptors (Lipinski definition) is 4. The van der Waals surface area contributed by atoms with Crippen LogP contribution in [-0.2, 0) is 6.54 Å². The summed E-state index contributed by atoms with van der Waals surface area (Å²) in [7, 11) is 1.65. The van der Waals surface area contributed by atoms with Crippen LogP contribution < -0.4 is 15.4 Å². The SMILES string of the molecule is COc1cc(CNC(C)CC2CCCCCN2)ccn1. The molecule has 2 heterocycles. The van der Waals surface area contributed by atoms with Crippen LogP contribution in [0.2, 0.25) is 0 Å². The monoisotopic (exact) mass is 277 g/mol. The molecule has 1 saturated heterocycles. The number of ether oxygens (including phenoxy) is 1. The molecule has 0 spiro atoms. The summed E-state index contributed by atoms with van der Waals surface area (Å²) < 4.78 is 5.15. The largest absolute Gasteiger partial charge is 0.481 e. The second-order valence-electron chi connectivity index (χ2n) is 5.72. The van der Waals surface area contributed by atoms with Gasteiger partial charge in [0.05, 0.1) is 7.11 Å². The quantitative estimate of drug-likeness (QED) is 0.838. The lowest BCUT2D eigenvalue weighted by molar-refractivity contribution is 0.393. The van der Waals surface area contributed by atoms with Crippen LogP contribution in [-0.4, -0.2) is 30.7 Å². The Hall–Kier alpha value is -1.13. The molecule has 1 fully saturated rings. The molecule has 0 aliphatic carbocycles. The van der Waals surface area contributed by atoms with Crippen molar-refractivity contribution in [3.8, 4) is 5.88 Å². The number of pyridine rings is 1. The summed E-state index contributed by atoms with van der Waals surface area (Å²) in [4.78, 5) is 4.13. The van der Waals surface area contributed by atoms with Crippen molar-refractivity contribution < 1.29 is 4.74 Å². The van der Waals surface area contributed by atoms with Gasteiger partial charge in [-0.3, -0.25) is 0 Å². The van der Waals surface area contributed by atoms with E-state index in [1.54, 1.807) is 13.3 Å². The molecular weight excluding hydrogens is 250 g/mol. The van der Waals surface area contributed by atoms with Gasteiger partial charge in [0.1, 0.15) is 0 Å². The smallest absolute Gasteiger partial charge is 0.213 e. The van der Waals surface area contributed by atoms with Crippen molar-refractivity contribution in [3.63, 3.8) is 0 Å². The second kappa shape index (κ2) is 8.22. The maximum Gasteiger partial charge on any atom is 0.213 e. The predicted octanol–water partition coefficient (Wildman–Crippen LogP) is 2.49. The standard InChI is InChI=1S/C16H27N3O/c1-13(10-15-6-4-3-5-8-17-15)19-12-14-7-9-18-16(11-14)20-2/h7,9,11,13,15,17,19H,3-6,8,10,12H2,1-2H3. The lowest BCUT2D eigenvalue weighted by Crippen LogP contribution is -2.36. The molecule has 0 bridgehead atoms. The van der Waals surface area contributed by atoms with Crippen LogP contribution in [0.15, 0.2) is 18.3 Å². The Bertz CT molecular complexity index is 389. The zero-order valence-electron chi connectivity index (χ0n) is 12.7. The van der Waals surface area contributed by atoms with E-state index in [-0.39, 0.29) is 0 Å². The molecule has 4 nitrogen and oxygen atoms in total. The van der Waals surface area contributed by atoms with Gasteiger partial charge in [0, 0.05) is 30.9 Å². The Morgan fingerprint density at radius 2 is 2.35 bits per heavy atom. The van der Waals surface area contributed by atoms with Crippen molar-refractivity contribution in [2.45, 2.75) is 57.7 Å². The van der Waals surface area contributed by atoms with Crippen LogP contribution in [0.25, 0.3) is 0 Å². The van der Waals surface area contributed by atoms with Crippen LogP contribution >= 0.6 is 0 Å². The lowest BCUT2D eigenvalue weighted by atomic mass is 10.0. The molecule has 4 heteroatoms. The van der Waals surface area contributed by atoms with E-state index in [2.05, 4.69) is 22.5 Å². The molecule has 2 N–H and O–H groups in total. The summed E-state index contributed by atoms with van der Waals surface area (Å²) in [5.74, 6) is 0.683. The van der Waals surface area contributed by atoms with E-state index in [4.69, 9.17) is 4.74 Å². The highest BCUT2D eigenvalue weighted by atomic mass is 16.5. The van der Waals surface area contributed by atoms with E-state index in [0.29, 0.717) is 18.0 Å². The van der Waals surface area contributed by atoms with Gasteiger partial charge in [0.2, 0.25) is 5.88 Å². The summed E-state index contributed by atoms with van der Waals surface area (Å²) in [5, 5.41) is 7.25. The van der Waals surface area contributed by atoms with Crippen LogP contribution in [0.1, 0.15) is 44.6 Å². The minimum Gasteiger partial charge on any atom is -0.481 e. The topological polar surface area (TPSA) is 46.2 Å². The van der Waals surface area contributed by atoms with Crippen LogP contribution in [0.3, 0.4) is 0 Å². The molecule has 20 heavy (non-hydrogen) atoms. The van der Waals surface area contributed by atoms with Crippen LogP contribution in [0.4, 0.5) is 0 Å². The normalized spacial score (nSPS) is 21.2. The summed E-state index contributed by atoms with van der Waals surface area (Å²) >= 11 is 0. The molecule has 0 aromatic carbocycles. The average molecular weight is 277 g/mol. The number of hydrogen-bond donors (Lipinski definition) is 2. The summed E-state index contributed by atoms with van der Waals surface area (Å²) in [5.41, 5.74) is 1.22. The third-order valence-electron chi connectivity index (χ3n) is 3.96. The summed E-state index contributed by atoms with van der Waals surface area (Å²) in [6.07, 6.45) is 8.38. The van der Waals surface area contributed by atoms with Gasteiger partial charge < -0.3 is 15.4 Å². The fraction of sp³-hybridized carbons (Fsp3) is 0.688. The van der Waals surface area contributed by atoms with Crippen molar-refractivity contribution >= 4 is 0 Å². The maximum absolute atomic E-state index is 5.15. The Morgan fingerprint density at radius 3 is 3.20 bits per heavy atom. The third-order valence-corrected chi connectivity index (χ3v) is 3.96. The number of methoxy groups -OCH3 is 1. The summed E-state index contributed by atoms with van der Waals surface area (Å²) in [6.45, 7) is 4.32. The fourth-order valence-corrected chi connectivity index (χ4v) is 2.78.